The minimum atomic E-state index is -0.950. The van der Waals surface area contributed by atoms with Crippen LogP contribution in [0.25, 0.3) is 0 Å². The Morgan fingerprint density at radius 2 is 1.60 bits per heavy atom. The predicted octanol–water partition coefficient (Wildman–Crippen LogP) is 5.37. The largest absolute Gasteiger partial charge is 0.466 e. The molecular formula is C29H38ClN3O7. The minimum absolute atomic E-state index is 0.0202. The van der Waals surface area contributed by atoms with E-state index in [1.807, 2.05) is 12.1 Å². The van der Waals surface area contributed by atoms with E-state index in [9.17, 15) is 19.2 Å². The van der Waals surface area contributed by atoms with Crippen LogP contribution < -0.4 is 16.0 Å². The molecule has 11 heteroatoms. The molecule has 0 radical (unpaired) electrons. The summed E-state index contributed by atoms with van der Waals surface area (Å²) in [6, 6.07) is 13.2. The van der Waals surface area contributed by atoms with Crippen molar-refractivity contribution >= 4 is 41.4 Å². The third kappa shape index (κ3) is 12.4. The van der Waals surface area contributed by atoms with Gasteiger partial charge in [-0.05, 0) is 64.7 Å². The summed E-state index contributed by atoms with van der Waals surface area (Å²) in [5, 5.41) is 8.59. The Hall–Kier alpha value is -3.79. The van der Waals surface area contributed by atoms with Gasteiger partial charge in [0.05, 0.1) is 6.61 Å². The lowest BCUT2D eigenvalue weighted by molar-refractivity contribution is -0.143. The topological polar surface area (TPSA) is 132 Å². The first-order valence-corrected chi connectivity index (χ1v) is 13.5. The highest BCUT2D eigenvalue weighted by atomic mass is 35.5. The van der Waals surface area contributed by atoms with E-state index in [4.69, 9.17) is 25.8 Å². The second kappa shape index (κ2) is 16.3. The summed E-state index contributed by atoms with van der Waals surface area (Å²) in [5.74, 6) is -0.790. The van der Waals surface area contributed by atoms with Gasteiger partial charge in [-0.15, -0.1) is 0 Å². The van der Waals surface area contributed by atoms with Gasteiger partial charge in [0.25, 0.3) is 0 Å². The Morgan fingerprint density at radius 1 is 0.925 bits per heavy atom. The number of halogens is 1. The first-order chi connectivity index (χ1) is 19.0. The van der Waals surface area contributed by atoms with E-state index in [2.05, 4.69) is 16.0 Å². The van der Waals surface area contributed by atoms with Crippen molar-refractivity contribution < 1.29 is 33.4 Å². The lowest BCUT2D eigenvalue weighted by Crippen LogP contribution is -2.46. The van der Waals surface area contributed by atoms with Crippen molar-refractivity contribution in [3.05, 3.63) is 64.7 Å². The first-order valence-electron chi connectivity index (χ1n) is 13.2. The van der Waals surface area contributed by atoms with Gasteiger partial charge in [-0.3, -0.25) is 9.59 Å². The fourth-order valence-corrected chi connectivity index (χ4v) is 3.77. The van der Waals surface area contributed by atoms with E-state index < -0.39 is 29.7 Å². The Balaban J connectivity index is 1.97. The molecule has 0 aliphatic rings. The standard InChI is InChI=1S/C29H38ClN3O7/c1-5-38-25(34)17-16-20-11-7-9-14-23(20)32-26(35)24(33-28(37)40-29(2,3)4)15-10-18-31-27(36)39-19-21-12-6-8-13-22(21)30/h6-9,11-14,24H,5,10,15-19H2,1-4H3,(H,31,36)(H,32,35)(H,33,37)/t24-/m0/s1. The molecule has 0 heterocycles. The van der Waals surface area contributed by atoms with Crippen molar-refractivity contribution in [2.45, 2.75) is 71.6 Å². The van der Waals surface area contributed by atoms with E-state index >= 15 is 0 Å². The molecule has 0 spiro atoms. The molecule has 3 amide bonds. The molecule has 0 aliphatic heterocycles. The molecule has 0 aliphatic carbocycles. The van der Waals surface area contributed by atoms with E-state index in [0.29, 0.717) is 35.7 Å². The summed E-state index contributed by atoms with van der Waals surface area (Å²) >= 11 is 6.08. The Labute approximate surface area is 240 Å². The molecule has 1 atom stereocenters. The molecule has 0 fully saturated rings. The fraction of sp³-hybridized carbons (Fsp3) is 0.448. The second-order valence-electron chi connectivity index (χ2n) is 9.89. The van der Waals surface area contributed by atoms with Crippen LogP contribution in [0.15, 0.2) is 48.5 Å². The number of rotatable bonds is 13. The predicted molar refractivity (Wildman–Crippen MR) is 152 cm³/mol. The minimum Gasteiger partial charge on any atom is -0.466 e. The molecule has 0 unspecified atom stereocenters. The van der Waals surface area contributed by atoms with E-state index in [-0.39, 0.29) is 32.0 Å². The summed E-state index contributed by atoms with van der Waals surface area (Å²) in [5.41, 5.74) is 1.20. The number of ether oxygens (including phenoxy) is 3. The molecule has 0 saturated carbocycles. The number of hydrogen-bond donors (Lipinski definition) is 3. The second-order valence-corrected chi connectivity index (χ2v) is 10.3. The maximum absolute atomic E-state index is 13.2. The van der Waals surface area contributed by atoms with E-state index in [0.717, 1.165) is 5.56 Å². The molecule has 0 bridgehead atoms. The van der Waals surface area contributed by atoms with Crippen molar-refractivity contribution in [2.75, 3.05) is 18.5 Å². The van der Waals surface area contributed by atoms with Gasteiger partial charge in [0.1, 0.15) is 18.2 Å². The zero-order valence-corrected chi connectivity index (χ0v) is 24.1. The number of anilines is 1. The molecule has 0 aromatic heterocycles. The lowest BCUT2D eigenvalue weighted by atomic mass is 10.1. The van der Waals surface area contributed by atoms with Crippen molar-refractivity contribution in [1.29, 1.82) is 0 Å². The third-order valence-electron chi connectivity index (χ3n) is 5.44. The quantitative estimate of drug-likeness (QED) is 0.166. The maximum Gasteiger partial charge on any atom is 0.408 e. The number of carbonyl (C=O) groups is 4. The van der Waals surface area contributed by atoms with Crippen LogP contribution >= 0.6 is 11.6 Å². The fourth-order valence-electron chi connectivity index (χ4n) is 3.58. The van der Waals surface area contributed by atoms with Gasteiger partial charge in [-0.25, -0.2) is 9.59 Å². The highest BCUT2D eigenvalue weighted by molar-refractivity contribution is 6.31. The third-order valence-corrected chi connectivity index (χ3v) is 5.81. The van der Waals surface area contributed by atoms with Gasteiger partial charge in [0.15, 0.2) is 0 Å². The van der Waals surface area contributed by atoms with E-state index in [1.54, 1.807) is 64.1 Å². The van der Waals surface area contributed by atoms with Crippen LogP contribution in [0.2, 0.25) is 5.02 Å². The Kier molecular flexibility index (Phi) is 13.2. The Bertz CT molecular complexity index is 1150. The van der Waals surface area contributed by atoms with Crippen LogP contribution in [0, 0.1) is 0 Å². The molecule has 3 N–H and O–H groups in total. The SMILES string of the molecule is CCOC(=O)CCc1ccccc1NC(=O)[C@H](CCCNC(=O)OCc1ccccc1Cl)NC(=O)OC(C)(C)C. The average Bonchev–Trinajstić information content (AvgIpc) is 2.88. The number of para-hydroxylation sites is 1. The van der Waals surface area contributed by atoms with Crippen molar-refractivity contribution in [2.24, 2.45) is 0 Å². The zero-order valence-electron chi connectivity index (χ0n) is 23.4. The molecular weight excluding hydrogens is 538 g/mol. The zero-order chi connectivity index (χ0) is 29.5. The summed E-state index contributed by atoms with van der Waals surface area (Å²) in [7, 11) is 0. The summed E-state index contributed by atoms with van der Waals surface area (Å²) < 4.78 is 15.5. The summed E-state index contributed by atoms with van der Waals surface area (Å²) in [4.78, 5) is 49.6. The molecule has 2 aromatic rings. The first kappa shape index (κ1) is 32.4. The van der Waals surface area contributed by atoms with Crippen LogP contribution in [0.1, 0.15) is 58.1 Å². The molecule has 2 rings (SSSR count). The van der Waals surface area contributed by atoms with Gasteiger partial charge < -0.3 is 30.2 Å². The molecule has 10 nitrogen and oxygen atoms in total. The summed E-state index contributed by atoms with van der Waals surface area (Å²) in [6.45, 7) is 7.43. The number of benzene rings is 2. The van der Waals surface area contributed by atoms with Crippen molar-refractivity contribution in [3.8, 4) is 0 Å². The van der Waals surface area contributed by atoms with Crippen molar-refractivity contribution in [3.63, 3.8) is 0 Å². The maximum atomic E-state index is 13.2. The number of nitrogens with one attached hydrogen (secondary N) is 3. The number of alkyl carbamates (subject to hydrolysis) is 2. The number of carbonyl (C=O) groups excluding carboxylic acids is 4. The van der Waals surface area contributed by atoms with Crippen molar-refractivity contribution in [1.82, 2.24) is 10.6 Å². The lowest BCUT2D eigenvalue weighted by Gasteiger charge is -2.23. The van der Waals surface area contributed by atoms with Crippen LogP contribution in [-0.4, -0.2) is 48.9 Å². The molecule has 0 saturated heterocycles. The highest BCUT2D eigenvalue weighted by Crippen LogP contribution is 2.19. The van der Waals surface area contributed by atoms with Crippen LogP contribution in [0.5, 0.6) is 0 Å². The average molecular weight is 576 g/mol. The van der Waals surface area contributed by atoms with Crippen LogP contribution in [0.3, 0.4) is 0 Å². The highest BCUT2D eigenvalue weighted by Gasteiger charge is 2.25. The van der Waals surface area contributed by atoms with Gasteiger partial charge >= 0.3 is 18.2 Å². The Morgan fingerprint density at radius 3 is 2.27 bits per heavy atom. The summed E-state index contributed by atoms with van der Waals surface area (Å²) in [6.07, 6.45) is -0.259. The van der Waals surface area contributed by atoms with Crippen LogP contribution in [0.4, 0.5) is 15.3 Å². The molecule has 40 heavy (non-hydrogen) atoms. The number of esters is 1. The smallest absolute Gasteiger partial charge is 0.408 e. The van der Waals surface area contributed by atoms with Gasteiger partial charge in [0.2, 0.25) is 5.91 Å². The van der Waals surface area contributed by atoms with Gasteiger partial charge in [-0.1, -0.05) is 48.0 Å². The number of amides is 3. The molecule has 218 valence electrons. The van der Waals surface area contributed by atoms with Gasteiger partial charge in [0, 0.05) is 29.2 Å². The number of hydrogen-bond acceptors (Lipinski definition) is 7. The van der Waals surface area contributed by atoms with E-state index in [1.165, 1.54) is 0 Å². The molecule has 2 aromatic carbocycles. The number of aryl methyl sites for hydroxylation is 1. The van der Waals surface area contributed by atoms with Gasteiger partial charge in [-0.2, -0.15) is 0 Å². The van der Waals surface area contributed by atoms with Crippen LogP contribution in [-0.2, 0) is 36.8 Å². The monoisotopic (exact) mass is 575 g/mol. The normalized spacial score (nSPS) is 11.6.